The van der Waals surface area contributed by atoms with Crippen molar-refractivity contribution in [1.29, 1.82) is 0 Å². The van der Waals surface area contributed by atoms with E-state index in [1.165, 1.54) is 11.8 Å². The number of ether oxygens (including phenoxy) is 1. The Kier molecular flexibility index (Phi) is 4.53. The molecule has 0 amide bonds. The van der Waals surface area contributed by atoms with Crippen LogP contribution >= 0.6 is 11.8 Å². The van der Waals surface area contributed by atoms with Crippen molar-refractivity contribution in [2.24, 2.45) is 0 Å². The van der Waals surface area contributed by atoms with Crippen LogP contribution in [-0.2, 0) is 9.53 Å². The molecule has 7 heteroatoms. The van der Waals surface area contributed by atoms with E-state index in [-0.39, 0.29) is 11.7 Å². The summed E-state index contributed by atoms with van der Waals surface area (Å²) in [5, 5.41) is 7.32. The number of hydrogen-bond donors (Lipinski definition) is 0. The van der Waals surface area contributed by atoms with Gasteiger partial charge in [-0.25, -0.2) is 4.98 Å². The minimum Gasteiger partial charge on any atom is -0.465 e. The van der Waals surface area contributed by atoms with E-state index in [2.05, 4.69) is 39.3 Å². The van der Waals surface area contributed by atoms with Crippen molar-refractivity contribution in [3.8, 4) is 11.3 Å². The quantitative estimate of drug-likeness (QED) is 0.398. The molecule has 26 heavy (non-hydrogen) atoms. The molecule has 0 fully saturated rings. The Labute approximate surface area is 154 Å². The normalized spacial score (nSPS) is 11.1. The van der Waals surface area contributed by atoms with Gasteiger partial charge in [-0.05, 0) is 23.8 Å². The number of carbonyl (C=O) groups is 1. The number of hydrogen-bond acceptors (Lipinski definition) is 6. The number of fused-ring (bicyclic) bond motifs is 2. The van der Waals surface area contributed by atoms with Gasteiger partial charge in [-0.2, -0.15) is 9.50 Å². The standard InChI is InChI=1S/C19H16N4O2S/c1-2-25-17(24)12-26-19-21-18-20-11-10-16(23(18)22-19)15-9-5-7-13-6-3-4-8-14(13)15/h3-11H,2,12H2,1H3. The molecule has 4 aromatic rings. The molecular weight excluding hydrogens is 348 g/mol. The fraction of sp³-hybridized carbons (Fsp3) is 0.158. The van der Waals surface area contributed by atoms with Crippen molar-refractivity contribution >= 4 is 34.3 Å². The molecule has 0 aliphatic carbocycles. The van der Waals surface area contributed by atoms with Crippen LogP contribution in [0.5, 0.6) is 0 Å². The summed E-state index contributed by atoms with van der Waals surface area (Å²) < 4.78 is 6.66. The Morgan fingerprint density at radius 1 is 1.15 bits per heavy atom. The highest BCUT2D eigenvalue weighted by molar-refractivity contribution is 7.99. The topological polar surface area (TPSA) is 69.4 Å². The van der Waals surface area contributed by atoms with E-state index >= 15 is 0 Å². The summed E-state index contributed by atoms with van der Waals surface area (Å²) in [7, 11) is 0. The smallest absolute Gasteiger partial charge is 0.316 e. The molecule has 0 spiro atoms. The highest BCUT2D eigenvalue weighted by atomic mass is 32.2. The van der Waals surface area contributed by atoms with Gasteiger partial charge in [-0.3, -0.25) is 4.79 Å². The van der Waals surface area contributed by atoms with E-state index in [4.69, 9.17) is 4.74 Å². The zero-order valence-corrected chi connectivity index (χ0v) is 14.9. The third kappa shape index (κ3) is 3.13. The number of esters is 1. The van der Waals surface area contributed by atoms with Crippen molar-refractivity contribution in [1.82, 2.24) is 19.6 Å². The summed E-state index contributed by atoms with van der Waals surface area (Å²) in [4.78, 5) is 20.2. The molecule has 0 bridgehead atoms. The summed E-state index contributed by atoms with van der Waals surface area (Å²) in [5.74, 6) is 0.398. The molecule has 0 unspecified atom stereocenters. The fourth-order valence-electron chi connectivity index (χ4n) is 2.82. The largest absolute Gasteiger partial charge is 0.465 e. The molecule has 0 atom stereocenters. The molecule has 0 saturated carbocycles. The van der Waals surface area contributed by atoms with Crippen LogP contribution < -0.4 is 0 Å². The molecule has 0 N–H and O–H groups in total. The van der Waals surface area contributed by atoms with Gasteiger partial charge in [-0.1, -0.05) is 54.2 Å². The van der Waals surface area contributed by atoms with Crippen LogP contribution in [-0.4, -0.2) is 37.9 Å². The zero-order chi connectivity index (χ0) is 17.9. The van der Waals surface area contributed by atoms with Crippen molar-refractivity contribution in [3.05, 3.63) is 54.7 Å². The lowest BCUT2D eigenvalue weighted by Gasteiger charge is -2.07. The third-order valence-electron chi connectivity index (χ3n) is 3.91. The van der Waals surface area contributed by atoms with E-state index in [0.717, 1.165) is 22.0 Å². The first-order chi connectivity index (χ1) is 12.8. The zero-order valence-electron chi connectivity index (χ0n) is 14.1. The molecule has 2 heterocycles. The Morgan fingerprint density at radius 2 is 2.00 bits per heavy atom. The molecule has 130 valence electrons. The van der Waals surface area contributed by atoms with E-state index in [9.17, 15) is 4.79 Å². The monoisotopic (exact) mass is 364 g/mol. The number of thioether (sulfide) groups is 1. The Balaban J connectivity index is 1.75. The molecule has 0 aliphatic rings. The second-order valence-electron chi connectivity index (χ2n) is 5.56. The van der Waals surface area contributed by atoms with Gasteiger partial charge in [0.1, 0.15) is 0 Å². The van der Waals surface area contributed by atoms with Crippen LogP contribution in [0.1, 0.15) is 6.92 Å². The molecule has 4 rings (SSSR count). The molecule has 0 saturated heterocycles. The summed E-state index contributed by atoms with van der Waals surface area (Å²) in [6.45, 7) is 2.15. The summed E-state index contributed by atoms with van der Waals surface area (Å²) in [5.41, 5.74) is 1.96. The predicted molar refractivity (Wildman–Crippen MR) is 101 cm³/mol. The van der Waals surface area contributed by atoms with Crippen LogP contribution in [0.3, 0.4) is 0 Å². The van der Waals surface area contributed by atoms with Gasteiger partial charge < -0.3 is 4.74 Å². The van der Waals surface area contributed by atoms with Gasteiger partial charge >= 0.3 is 5.97 Å². The highest BCUT2D eigenvalue weighted by Crippen LogP contribution is 2.28. The predicted octanol–water partition coefficient (Wildman–Crippen LogP) is 3.60. The van der Waals surface area contributed by atoms with Crippen molar-refractivity contribution in [3.63, 3.8) is 0 Å². The van der Waals surface area contributed by atoms with E-state index in [1.54, 1.807) is 17.6 Å². The minimum absolute atomic E-state index is 0.175. The molecule has 2 aromatic carbocycles. The maximum atomic E-state index is 11.5. The maximum Gasteiger partial charge on any atom is 0.316 e. The lowest BCUT2D eigenvalue weighted by atomic mass is 10.0. The summed E-state index contributed by atoms with van der Waals surface area (Å²) >= 11 is 1.24. The summed E-state index contributed by atoms with van der Waals surface area (Å²) in [6, 6.07) is 16.3. The second-order valence-corrected chi connectivity index (χ2v) is 6.50. The first kappa shape index (κ1) is 16.5. The van der Waals surface area contributed by atoms with Gasteiger partial charge in [0.05, 0.1) is 18.1 Å². The van der Waals surface area contributed by atoms with Crippen molar-refractivity contribution < 1.29 is 9.53 Å². The number of aromatic nitrogens is 4. The lowest BCUT2D eigenvalue weighted by molar-refractivity contribution is -0.139. The Morgan fingerprint density at radius 3 is 2.88 bits per heavy atom. The number of benzene rings is 2. The molecular formula is C19H16N4O2S. The lowest BCUT2D eigenvalue weighted by Crippen LogP contribution is -2.06. The van der Waals surface area contributed by atoms with Gasteiger partial charge in [0.2, 0.25) is 5.16 Å². The van der Waals surface area contributed by atoms with Crippen molar-refractivity contribution in [2.75, 3.05) is 12.4 Å². The van der Waals surface area contributed by atoms with Gasteiger partial charge in [0.15, 0.2) is 0 Å². The van der Waals surface area contributed by atoms with Crippen LogP contribution in [0.2, 0.25) is 0 Å². The maximum absolute atomic E-state index is 11.5. The first-order valence-electron chi connectivity index (χ1n) is 8.24. The van der Waals surface area contributed by atoms with E-state index in [1.807, 2.05) is 24.3 Å². The Hall–Kier alpha value is -2.93. The minimum atomic E-state index is -0.279. The highest BCUT2D eigenvalue weighted by Gasteiger charge is 2.13. The van der Waals surface area contributed by atoms with Crippen LogP contribution in [0.15, 0.2) is 59.9 Å². The summed E-state index contributed by atoms with van der Waals surface area (Å²) in [6.07, 6.45) is 1.72. The van der Waals surface area contributed by atoms with Gasteiger partial charge in [0, 0.05) is 11.8 Å². The first-order valence-corrected chi connectivity index (χ1v) is 9.23. The Bertz CT molecular complexity index is 1090. The second kappa shape index (κ2) is 7.13. The van der Waals surface area contributed by atoms with Crippen molar-refractivity contribution in [2.45, 2.75) is 12.1 Å². The molecule has 0 aliphatic heterocycles. The van der Waals surface area contributed by atoms with Gasteiger partial charge in [0.25, 0.3) is 5.78 Å². The van der Waals surface area contributed by atoms with Crippen LogP contribution in [0, 0.1) is 0 Å². The SMILES string of the molecule is CCOC(=O)CSc1nc2nccc(-c3cccc4ccccc34)n2n1. The number of rotatable bonds is 5. The molecule has 0 radical (unpaired) electrons. The average Bonchev–Trinajstić information content (AvgIpc) is 3.09. The number of carbonyl (C=O) groups excluding carboxylic acids is 1. The van der Waals surface area contributed by atoms with E-state index < -0.39 is 0 Å². The molecule has 2 aromatic heterocycles. The van der Waals surface area contributed by atoms with Crippen LogP contribution in [0.4, 0.5) is 0 Å². The van der Waals surface area contributed by atoms with Crippen LogP contribution in [0.25, 0.3) is 27.8 Å². The third-order valence-corrected chi connectivity index (χ3v) is 4.72. The fourth-order valence-corrected chi connectivity index (χ4v) is 3.43. The molecule has 6 nitrogen and oxygen atoms in total. The van der Waals surface area contributed by atoms with E-state index in [0.29, 0.717) is 17.5 Å². The van der Waals surface area contributed by atoms with Gasteiger partial charge in [-0.15, -0.1) is 5.10 Å². The average molecular weight is 364 g/mol. The number of nitrogens with zero attached hydrogens (tertiary/aromatic N) is 4.